The Morgan fingerprint density at radius 3 is 2.71 bits per heavy atom. The first-order chi connectivity index (χ1) is 10.3. The van der Waals surface area contributed by atoms with Crippen molar-refractivity contribution in [2.24, 2.45) is 0 Å². The molecule has 21 heavy (non-hydrogen) atoms. The van der Waals surface area contributed by atoms with Gasteiger partial charge in [-0.05, 0) is 37.8 Å². The van der Waals surface area contributed by atoms with E-state index in [2.05, 4.69) is 9.97 Å². The molecule has 1 aliphatic heterocycles. The molecule has 1 amide bonds. The van der Waals surface area contributed by atoms with Gasteiger partial charge in [0.1, 0.15) is 5.52 Å². The number of nitrogens with zero attached hydrogens (tertiary/aromatic N) is 4. The second kappa shape index (κ2) is 4.65. The first-order valence-electron chi connectivity index (χ1n) is 7.42. The van der Waals surface area contributed by atoms with E-state index < -0.39 is 0 Å². The van der Waals surface area contributed by atoms with Crippen LogP contribution in [0.1, 0.15) is 42.2 Å². The fraction of sp³-hybridized carbons (Fsp3) is 0.467. The largest absolute Gasteiger partial charge is 0.337 e. The van der Waals surface area contributed by atoms with Crippen molar-refractivity contribution in [2.75, 3.05) is 13.1 Å². The van der Waals surface area contributed by atoms with E-state index >= 15 is 0 Å². The lowest BCUT2D eigenvalue weighted by molar-refractivity contribution is 0.0785. The van der Waals surface area contributed by atoms with Crippen LogP contribution in [-0.2, 0) is 0 Å². The van der Waals surface area contributed by atoms with Crippen molar-refractivity contribution < 1.29 is 4.79 Å². The van der Waals surface area contributed by atoms with Gasteiger partial charge >= 0.3 is 0 Å². The lowest BCUT2D eigenvalue weighted by atomic mass is 10.3. The fourth-order valence-electron chi connectivity index (χ4n) is 2.92. The van der Waals surface area contributed by atoms with Crippen molar-refractivity contribution in [3.8, 4) is 0 Å². The second-order valence-corrected chi connectivity index (χ2v) is 5.71. The lowest BCUT2D eigenvalue weighted by Gasteiger charge is -2.16. The van der Waals surface area contributed by atoms with E-state index in [1.165, 1.54) is 0 Å². The maximum Gasteiger partial charge on any atom is 0.284 e. The highest BCUT2D eigenvalue weighted by Crippen LogP contribution is 2.35. The fourth-order valence-corrected chi connectivity index (χ4v) is 2.92. The third-order valence-electron chi connectivity index (χ3n) is 4.16. The van der Waals surface area contributed by atoms with Crippen LogP contribution in [0.3, 0.4) is 0 Å². The second-order valence-electron chi connectivity index (χ2n) is 5.71. The van der Waals surface area contributed by atoms with E-state index in [0.29, 0.717) is 24.3 Å². The monoisotopic (exact) mass is 284 g/mol. The summed E-state index contributed by atoms with van der Waals surface area (Å²) in [6, 6.07) is 3.76. The number of pyridine rings is 1. The number of hydrogen-bond donors (Lipinski definition) is 0. The predicted octanol–water partition coefficient (Wildman–Crippen LogP) is 1.36. The van der Waals surface area contributed by atoms with Crippen LogP contribution in [-0.4, -0.2) is 38.4 Å². The molecule has 0 aromatic carbocycles. The molecular weight excluding hydrogens is 268 g/mol. The molecule has 3 heterocycles. The highest BCUT2D eigenvalue weighted by atomic mass is 16.2. The molecule has 1 aliphatic carbocycles. The molecule has 2 aromatic heterocycles. The van der Waals surface area contributed by atoms with Gasteiger partial charge in [-0.1, -0.05) is 0 Å². The average molecular weight is 284 g/mol. The molecule has 2 fully saturated rings. The Morgan fingerprint density at radius 2 is 2.00 bits per heavy atom. The molecule has 1 saturated carbocycles. The van der Waals surface area contributed by atoms with Crippen LogP contribution in [0.4, 0.5) is 0 Å². The maximum absolute atomic E-state index is 12.7. The molecule has 0 atom stereocenters. The van der Waals surface area contributed by atoms with Gasteiger partial charge in [-0.3, -0.25) is 14.2 Å². The molecule has 0 unspecified atom stereocenters. The van der Waals surface area contributed by atoms with Gasteiger partial charge in [-0.15, -0.1) is 0 Å². The number of hydrogen-bond acceptors (Lipinski definition) is 4. The molecule has 6 nitrogen and oxygen atoms in total. The predicted molar refractivity (Wildman–Crippen MR) is 77.2 cm³/mol. The Morgan fingerprint density at radius 1 is 1.24 bits per heavy atom. The molecule has 2 aliphatic rings. The van der Waals surface area contributed by atoms with Crippen LogP contribution in [0.2, 0.25) is 0 Å². The van der Waals surface area contributed by atoms with Gasteiger partial charge in [0.15, 0.2) is 11.3 Å². The quantitative estimate of drug-likeness (QED) is 0.835. The summed E-state index contributed by atoms with van der Waals surface area (Å²) in [4.78, 5) is 35.5. The maximum atomic E-state index is 12.7. The lowest BCUT2D eigenvalue weighted by Crippen LogP contribution is -2.36. The number of aromatic nitrogens is 3. The van der Waals surface area contributed by atoms with Crippen molar-refractivity contribution in [3.63, 3.8) is 0 Å². The first kappa shape index (κ1) is 12.5. The number of rotatable bonds is 2. The Balaban J connectivity index is 1.91. The highest BCUT2D eigenvalue weighted by molar-refractivity contribution is 5.93. The van der Waals surface area contributed by atoms with Crippen molar-refractivity contribution in [1.82, 2.24) is 19.4 Å². The van der Waals surface area contributed by atoms with Crippen LogP contribution in [0.5, 0.6) is 0 Å². The molecule has 2 aromatic rings. The third-order valence-corrected chi connectivity index (χ3v) is 4.16. The van der Waals surface area contributed by atoms with Gasteiger partial charge in [0.25, 0.3) is 11.5 Å². The Hall–Kier alpha value is -2.24. The van der Waals surface area contributed by atoms with E-state index in [1.807, 2.05) is 0 Å². The standard InChI is InChI=1S/C15H16N4O2/c20-14(18-8-1-2-9-18)12-15(21)19(10-5-6-10)13-11(17-12)4-3-7-16-13/h3-4,7,10H,1-2,5-6,8-9H2. The number of fused-ring (bicyclic) bond motifs is 1. The van der Waals surface area contributed by atoms with Crippen LogP contribution >= 0.6 is 0 Å². The summed E-state index contributed by atoms with van der Waals surface area (Å²) < 4.78 is 1.66. The smallest absolute Gasteiger partial charge is 0.284 e. The molecule has 0 spiro atoms. The minimum atomic E-state index is -0.291. The van der Waals surface area contributed by atoms with E-state index in [4.69, 9.17) is 0 Å². The van der Waals surface area contributed by atoms with Crippen molar-refractivity contribution in [1.29, 1.82) is 0 Å². The van der Waals surface area contributed by atoms with Gasteiger partial charge in [-0.2, -0.15) is 0 Å². The summed E-state index contributed by atoms with van der Waals surface area (Å²) >= 11 is 0. The molecule has 1 saturated heterocycles. The molecule has 0 N–H and O–H groups in total. The Bertz CT molecular complexity index is 773. The average Bonchev–Trinajstić information content (AvgIpc) is 3.18. The van der Waals surface area contributed by atoms with Gasteiger partial charge in [0.2, 0.25) is 0 Å². The van der Waals surface area contributed by atoms with Gasteiger partial charge in [-0.25, -0.2) is 9.97 Å². The minimum Gasteiger partial charge on any atom is -0.337 e. The summed E-state index contributed by atoms with van der Waals surface area (Å²) in [7, 11) is 0. The molecular formula is C15H16N4O2. The number of likely N-dealkylation sites (tertiary alicyclic amines) is 1. The minimum absolute atomic E-state index is 0.0456. The van der Waals surface area contributed by atoms with E-state index in [0.717, 1.165) is 25.7 Å². The summed E-state index contributed by atoms with van der Waals surface area (Å²) in [5.41, 5.74) is 0.958. The van der Waals surface area contributed by atoms with E-state index in [9.17, 15) is 9.59 Å². The van der Waals surface area contributed by atoms with Crippen LogP contribution in [0.25, 0.3) is 11.2 Å². The summed E-state index contributed by atoms with van der Waals surface area (Å²) in [5.74, 6) is -0.238. The van der Waals surface area contributed by atoms with Gasteiger partial charge < -0.3 is 4.90 Å². The zero-order valence-corrected chi connectivity index (χ0v) is 11.7. The zero-order chi connectivity index (χ0) is 14.4. The third kappa shape index (κ3) is 2.02. The summed E-state index contributed by atoms with van der Waals surface area (Å²) in [6.07, 6.45) is 5.58. The van der Waals surface area contributed by atoms with Gasteiger partial charge in [0, 0.05) is 25.3 Å². The van der Waals surface area contributed by atoms with Gasteiger partial charge in [0.05, 0.1) is 0 Å². The number of amides is 1. The van der Waals surface area contributed by atoms with E-state index in [1.54, 1.807) is 27.8 Å². The van der Waals surface area contributed by atoms with Crippen molar-refractivity contribution in [2.45, 2.75) is 31.7 Å². The normalized spacial score (nSPS) is 18.4. The number of carbonyl (C=O) groups excluding carboxylic acids is 1. The van der Waals surface area contributed by atoms with Crippen LogP contribution in [0.15, 0.2) is 23.1 Å². The SMILES string of the molecule is O=C(c1nc2cccnc2n(C2CC2)c1=O)N1CCCC1. The van der Waals surface area contributed by atoms with Crippen molar-refractivity contribution >= 4 is 17.1 Å². The Kier molecular flexibility index (Phi) is 2.77. The highest BCUT2D eigenvalue weighted by Gasteiger charge is 2.31. The van der Waals surface area contributed by atoms with E-state index in [-0.39, 0.29) is 23.2 Å². The number of carbonyl (C=O) groups is 1. The molecule has 108 valence electrons. The van der Waals surface area contributed by atoms with Crippen LogP contribution in [0, 0.1) is 0 Å². The summed E-state index contributed by atoms with van der Waals surface area (Å²) in [6.45, 7) is 1.43. The molecule has 6 heteroatoms. The molecule has 4 rings (SSSR count). The Labute approximate surface area is 121 Å². The zero-order valence-electron chi connectivity index (χ0n) is 11.7. The first-order valence-corrected chi connectivity index (χ1v) is 7.42. The van der Waals surface area contributed by atoms with Crippen molar-refractivity contribution in [3.05, 3.63) is 34.4 Å². The molecule has 0 bridgehead atoms. The summed E-state index contributed by atoms with van der Waals surface area (Å²) in [5, 5.41) is 0. The molecule has 0 radical (unpaired) electrons. The topological polar surface area (TPSA) is 68.1 Å². The van der Waals surface area contributed by atoms with Crippen LogP contribution < -0.4 is 5.56 Å².